The van der Waals surface area contributed by atoms with Crippen LogP contribution in [0.25, 0.3) is 0 Å². The fourth-order valence-corrected chi connectivity index (χ4v) is 2.76. The lowest BCUT2D eigenvalue weighted by atomic mass is 10.1. The van der Waals surface area contributed by atoms with Crippen LogP contribution in [-0.2, 0) is 13.2 Å². The quantitative estimate of drug-likeness (QED) is 0.560. The number of amides is 1. The van der Waals surface area contributed by atoms with Gasteiger partial charge in [-0.2, -0.15) is 18.4 Å². The van der Waals surface area contributed by atoms with Crippen molar-refractivity contribution in [3.8, 4) is 17.7 Å². The summed E-state index contributed by atoms with van der Waals surface area (Å²) in [4.78, 5) is 16.3. The van der Waals surface area contributed by atoms with E-state index in [0.717, 1.165) is 0 Å². The van der Waals surface area contributed by atoms with Gasteiger partial charge in [-0.1, -0.05) is 30.3 Å². The van der Waals surface area contributed by atoms with Crippen LogP contribution in [-0.4, -0.2) is 23.7 Å². The second-order valence-corrected chi connectivity index (χ2v) is 6.64. The second-order valence-electron chi connectivity index (χ2n) is 6.64. The third-order valence-corrected chi connectivity index (χ3v) is 4.29. The fourth-order valence-electron chi connectivity index (χ4n) is 2.76. The summed E-state index contributed by atoms with van der Waals surface area (Å²) in [5.74, 6) is -0.210. The number of carbonyl (C=O) groups is 1. The number of halogens is 3. The summed E-state index contributed by atoms with van der Waals surface area (Å²) < 4.78 is 47.7. The minimum absolute atomic E-state index is 0.0690. The van der Waals surface area contributed by atoms with Gasteiger partial charge in [-0.05, 0) is 30.3 Å². The number of aromatic nitrogens is 1. The molecule has 0 aliphatic carbocycles. The summed E-state index contributed by atoms with van der Waals surface area (Å²) >= 11 is 0. The Balaban J connectivity index is 1.61. The summed E-state index contributed by atoms with van der Waals surface area (Å²) in [7, 11) is 0. The number of ether oxygens (including phenoxy) is 2. The average Bonchev–Trinajstić information content (AvgIpc) is 2.80. The number of nitrogens with zero attached hydrogens (tertiary/aromatic N) is 2. The molecule has 6 nitrogen and oxygen atoms in total. The molecular formula is C23H18F3N3O3. The standard InChI is InChI=1S/C23H18F3N3O3/c24-23(25,26)15-32-22-18(8-4-10-28-22)13-29-21(30)16-7-3-9-20(11-16)31-14-19-6-2-1-5-17(19)12-27/h1-11H,13-15H2,(H,29,30). The predicted molar refractivity (Wildman–Crippen MR) is 109 cm³/mol. The zero-order valence-electron chi connectivity index (χ0n) is 16.7. The van der Waals surface area contributed by atoms with Crippen LogP contribution in [0.2, 0.25) is 0 Å². The lowest BCUT2D eigenvalue weighted by Crippen LogP contribution is -2.24. The molecule has 0 radical (unpaired) electrons. The maximum Gasteiger partial charge on any atom is 0.422 e. The number of nitrogens with one attached hydrogen (secondary N) is 1. The Kier molecular flexibility index (Phi) is 7.29. The molecule has 1 N–H and O–H groups in total. The molecule has 0 aliphatic heterocycles. The molecule has 0 bridgehead atoms. The highest BCUT2D eigenvalue weighted by molar-refractivity contribution is 5.94. The number of alkyl halides is 3. The number of carbonyl (C=O) groups excluding carboxylic acids is 1. The van der Waals surface area contributed by atoms with Gasteiger partial charge < -0.3 is 14.8 Å². The molecule has 0 spiro atoms. The van der Waals surface area contributed by atoms with Gasteiger partial charge >= 0.3 is 6.18 Å². The zero-order chi connectivity index (χ0) is 23.0. The van der Waals surface area contributed by atoms with Gasteiger partial charge in [-0.3, -0.25) is 4.79 Å². The van der Waals surface area contributed by atoms with Crippen LogP contribution in [0.5, 0.6) is 11.6 Å². The van der Waals surface area contributed by atoms with E-state index in [9.17, 15) is 18.0 Å². The SMILES string of the molecule is N#Cc1ccccc1COc1cccc(C(=O)NCc2cccnc2OCC(F)(F)F)c1. The first kappa shape index (κ1) is 22.6. The second kappa shape index (κ2) is 10.3. The van der Waals surface area contributed by atoms with Gasteiger partial charge in [0.05, 0.1) is 11.6 Å². The highest BCUT2D eigenvalue weighted by Crippen LogP contribution is 2.20. The highest BCUT2D eigenvalue weighted by atomic mass is 19.4. The Hall–Kier alpha value is -4.06. The number of benzene rings is 2. The van der Waals surface area contributed by atoms with Crippen molar-refractivity contribution in [2.75, 3.05) is 6.61 Å². The molecule has 0 saturated heterocycles. The highest BCUT2D eigenvalue weighted by Gasteiger charge is 2.29. The molecule has 0 aliphatic rings. The lowest BCUT2D eigenvalue weighted by Gasteiger charge is -2.13. The Labute approximate surface area is 182 Å². The maximum absolute atomic E-state index is 12.5. The van der Waals surface area contributed by atoms with Crippen LogP contribution in [0.4, 0.5) is 13.2 Å². The van der Waals surface area contributed by atoms with Crippen molar-refractivity contribution in [3.63, 3.8) is 0 Å². The van der Waals surface area contributed by atoms with E-state index in [0.29, 0.717) is 28.0 Å². The summed E-state index contributed by atoms with van der Waals surface area (Å²) in [6.07, 6.45) is -3.19. The average molecular weight is 441 g/mol. The largest absolute Gasteiger partial charge is 0.489 e. The number of rotatable bonds is 8. The van der Waals surface area contributed by atoms with Crippen LogP contribution in [0.1, 0.15) is 27.0 Å². The monoisotopic (exact) mass is 441 g/mol. The topological polar surface area (TPSA) is 84.2 Å². The molecule has 0 saturated carbocycles. The number of hydrogen-bond donors (Lipinski definition) is 1. The van der Waals surface area contributed by atoms with Crippen molar-refractivity contribution < 1.29 is 27.4 Å². The van der Waals surface area contributed by atoms with E-state index in [4.69, 9.17) is 14.7 Å². The molecule has 3 rings (SSSR count). The third kappa shape index (κ3) is 6.47. The summed E-state index contributed by atoms with van der Waals surface area (Å²) in [6.45, 7) is -1.38. The molecule has 0 fully saturated rings. The van der Waals surface area contributed by atoms with Crippen molar-refractivity contribution in [1.82, 2.24) is 10.3 Å². The first-order chi connectivity index (χ1) is 15.4. The van der Waals surface area contributed by atoms with Crippen LogP contribution in [0.3, 0.4) is 0 Å². The van der Waals surface area contributed by atoms with Gasteiger partial charge in [0, 0.05) is 29.4 Å². The summed E-state index contributed by atoms with van der Waals surface area (Å²) in [5.41, 5.74) is 1.83. The first-order valence-electron chi connectivity index (χ1n) is 9.48. The first-order valence-corrected chi connectivity index (χ1v) is 9.48. The van der Waals surface area contributed by atoms with Crippen LogP contribution in [0.15, 0.2) is 66.9 Å². The fraction of sp³-hybridized carbons (Fsp3) is 0.174. The van der Waals surface area contributed by atoms with E-state index < -0.39 is 18.7 Å². The molecular weight excluding hydrogens is 423 g/mol. The van der Waals surface area contributed by atoms with E-state index in [-0.39, 0.29) is 19.0 Å². The van der Waals surface area contributed by atoms with E-state index in [2.05, 4.69) is 16.4 Å². The normalized spacial score (nSPS) is 10.8. The smallest absolute Gasteiger partial charge is 0.422 e. The molecule has 32 heavy (non-hydrogen) atoms. The van der Waals surface area contributed by atoms with E-state index in [1.54, 1.807) is 42.5 Å². The van der Waals surface area contributed by atoms with Gasteiger partial charge in [-0.25, -0.2) is 4.98 Å². The Morgan fingerprint density at radius 3 is 2.59 bits per heavy atom. The maximum atomic E-state index is 12.5. The van der Waals surface area contributed by atoms with Gasteiger partial charge in [0.15, 0.2) is 6.61 Å². The number of nitriles is 1. The Bertz CT molecular complexity index is 1130. The van der Waals surface area contributed by atoms with Gasteiger partial charge in [0.25, 0.3) is 5.91 Å². The Morgan fingerprint density at radius 1 is 1.03 bits per heavy atom. The molecule has 164 valence electrons. The minimum atomic E-state index is -4.49. The zero-order valence-corrected chi connectivity index (χ0v) is 16.7. The van der Waals surface area contributed by atoms with Crippen LogP contribution >= 0.6 is 0 Å². The molecule has 0 atom stereocenters. The van der Waals surface area contributed by atoms with Crippen LogP contribution < -0.4 is 14.8 Å². The number of pyridine rings is 1. The molecule has 1 heterocycles. The van der Waals surface area contributed by atoms with Crippen molar-refractivity contribution in [2.24, 2.45) is 0 Å². The summed E-state index contributed by atoms with van der Waals surface area (Å²) in [5, 5.41) is 11.8. The van der Waals surface area contributed by atoms with E-state index in [1.165, 1.54) is 24.4 Å². The van der Waals surface area contributed by atoms with E-state index in [1.807, 2.05) is 0 Å². The Morgan fingerprint density at radius 2 is 1.81 bits per heavy atom. The van der Waals surface area contributed by atoms with Gasteiger partial charge in [0.2, 0.25) is 5.88 Å². The lowest BCUT2D eigenvalue weighted by molar-refractivity contribution is -0.154. The van der Waals surface area contributed by atoms with Crippen molar-refractivity contribution in [2.45, 2.75) is 19.3 Å². The predicted octanol–water partition coefficient (Wildman–Crippen LogP) is 4.40. The van der Waals surface area contributed by atoms with Crippen molar-refractivity contribution >= 4 is 5.91 Å². The number of hydrogen-bond acceptors (Lipinski definition) is 5. The third-order valence-electron chi connectivity index (χ3n) is 4.29. The molecule has 3 aromatic rings. The molecule has 1 aromatic heterocycles. The van der Waals surface area contributed by atoms with E-state index >= 15 is 0 Å². The molecule has 9 heteroatoms. The van der Waals surface area contributed by atoms with Crippen molar-refractivity contribution in [1.29, 1.82) is 5.26 Å². The molecule has 2 aromatic carbocycles. The van der Waals surface area contributed by atoms with Crippen molar-refractivity contribution in [3.05, 3.63) is 89.1 Å². The summed E-state index contributed by atoms with van der Waals surface area (Å²) in [6, 6.07) is 18.6. The van der Waals surface area contributed by atoms with Gasteiger partial charge in [-0.15, -0.1) is 0 Å². The van der Waals surface area contributed by atoms with Gasteiger partial charge in [0.1, 0.15) is 12.4 Å². The molecule has 1 amide bonds. The molecule has 0 unspecified atom stereocenters. The minimum Gasteiger partial charge on any atom is -0.489 e. The van der Waals surface area contributed by atoms with Crippen LogP contribution in [0, 0.1) is 11.3 Å².